The van der Waals surface area contributed by atoms with E-state index in [0.717, 1.165) is 38.5 Å². The van der Waals surface area contributed by atoms with Crippen molar-refractivity contribution in [3.05, 3.63) is 0 Å². The smallest absolute Gasteiger partial charge is 0.550 e. The summed E-state index contributed by atoms with van der Waals surface area (Å²) < 4.78 is 0. The zero-order valence-electron chi connectivity index (χ0n) is 35.2. The second-order valence-corrected chi connectivity index (χ2v) is 15.6. The number of carboxylic acids is 2. The van der Waals surface area contributed by atoms with Crippen molar-refractivity contribution >= 4 is 11.9 Å². The van der Waals surface area contributed by atoms with E-state index in [9.17, 15) is 19.8 Å². The van der Waals surface area contributed by atoms with Crippen LogP contribution in [0.15, 0.2) is 0 Å². The normalized spacial score (nSPS) is 10.5. The van der Waals surface area contributed by atoms with Crippen LogP contribution >= 0.6 is 0 Å². The molecule has 0 amide bonds. The maximum absolute atomic E-state index is 10.3. The molecule has 0 fully saturated rings. The quantitative estimate of drug-likeness (QED) is 0.0348. The molecule has 304 valence electrons. The molecule has 0 aliphatic carbocycles. The van der Waals surface area contributed by atoms with Crippen LogP contribution in [-0.4, -0.2) is 11.9 Å². The Morgan fingerprint density at radius 3 is 0.547 bits per heavy atom. The maximum atomic E-state index is 10.3. The summed E-state index contributed by atoms with van der Waals surface area (Å²) in [6.07, 6.45) is 62.6. The van der Waals surface area contributed by atoms with Gasteiger partial charge in [-0.15, -0.1) is 24.7 Å². The molecule has 0 aliphatic rings. The molecule has 0 unspecified atom stereocenters. The topological polar surface area (TPSA) is 80.3 Å². The van der Waals surface area contributed by atoms with Crippen LogP contribution in [-0.2, 0) is 36.9 Å². The number of unbranched alkanes of at least 4 members (excludes halogenated alkanes) is 38. The van der Waals surface area contributed by atoms with Crippen LogP contribution in [0.4, 0.5) is 0 Å². The molecule has 4 nitrogen and oxygen atoms in total. The van der Waals surface area contributed by atoms with Gasteiger partial charge in [0.15, 0.2) is 0 Å². The minimum atomic E-state index is -0.906. The molecule has 0 saturated carbocycles. The number of carbonyl (C=O) groups excluding carboxylic acids is 2. The zero-order chi connectivity index (χ0) is 38.3. The van der Waals surface area contributed by atoms with Crippen LogP contribution in [0.25, 0.3) is 0 Å². The number of hydrogen-bond acceptors (Lipinski definition) is 4. The Balaban J connectivity index is -0.000000926. The summed E-state index contributed by atoms with van der Waals surface area (Å²) in [6.45, 7) is 0. The fourth-order valence-corrected chi connectivity index (χ4v) is 7.00. The number of terminal acetylenes is 2. The van der Waals surface area contributed by atoms with E-state index in [1.165, 1.54) is 218 Å². The predicted octanol–water partition coefficient (Wildman–Crippen LogP) is 13.1. The third-order valence-electron chi connectivity index (χ3n) is 10.4. The molecule has 0 N–H and O–H groups in total. The van der Waals surface area contributed by atoms with Gasteiger partial charge in [-0.1, -0.05) is 218 Å². The number of hydrogen-bond donors (Lipinski definition) is 0. The molecular formula is C48H86CdO4. The van der Waals surface area contributed by atoms with Crippen molar-refractivity contribution in [2.24, 2.45) is 0 Å². The number of rotatable bonds is 42. The molecule has 0 aromatic carbocycles. The Morgan fingerprint density at radius 2 is 0.415 bits per heavy atom. The van der Waals surface area contributed by atoms with E-state index in [0.29, 0.717) is 0 Å². The average molecular weight is 840 g/mol. The minimum Gasteiger partial charge on any atom is -0.550 e. The Kier molecular flexibility index (Phi) is 56.4. The number of aliphatic carboxylic acids is 2. The third kappa shape index (κ3) is 60.5. The molecule has 5 heteroatoms. The van der Waals surface area contributed by atoms with Gasteiger partial charge in [-0.3, -0.25) is 0 Å². The predicted molar refractivity (Wildman–Crippen MR) is 222 cm³/mol. The fraction of sp³-hybridized carbons (Fsp3) is 0.875. The van der Waals surface area contributed by atoms with E-state index in [1.807, 2.05) is 0 Å². The monoisotopic (exact) mass is 841 g/mol. The Bertz CT molecular complexity index is 732. The van der Waals surface area contributed by atoms with Gasteiger partial charge >= 0.3 is 27.3 Å². The summed E-state index contributed by atoms with van der Waals surface area (Å²) in [5, 5.41) is 20.6. The summed E-state index contributed by atoms with van der Waals surface area (Å²) in [4.78, 5) is 20.6. The van der Waals surface area contributed by atoms with Gasteiger partial charge in [0.05, 0.1) is 0 Å². The Labute approximate surface area is 351 Å². The summed E-state index contributed by atoms with van der Waals surface area (Å²) >= 11 is 0. The third-order valence-corrected chi connectivity index (χ3v) is 10.4. The molecule has 0 aliphatic heterocycles. The molecule has 53 heavy (non-hydrogen) atoms. The van der Waals surface area contributed by atoms with Crippen LogP contribution in [0.3, 0.4) is 0 Å². The van der Waals surface area contributed by atoms with Gasteiger partial charge in [0.2, 0.25) is 0 Å². The van der Waals surface area contributed by atoms with Gasteiger partial charge in [0, 0.05) is 24.8 Å². The van der Waals surface area contributed by atoms with Gasteiger partial charge in [-0.25, -0.2) is 0 Å². The molecule has 0 rings (SSSR count). The van der Waals surface area contributed by atoms with E-state index in [-0.39, 0.29) is 40.1 Å². The van der Waals surface area contributed by atoms with Crippen molar-refractivity contribution in [3.63, 3.8) is 0 Å². The van der Waals surface area contributed by atoms with E-state index in [1.54, 1.807) is 0 Å². The molecule has 0 spiro atoms. The largest absolute Gasteiger partial charge is 2.00 e. The van der Waals surface area contributed by atoms with Crippen molar-refractivity contribution in [2.75, 3.05) is 0 Å². The van der Waals surface area contributed by atoms with Crippen molar-refractivity contribution < 1.29 is 47.1 Å². The van der Waals surface area contributed by atoms with Gasteiger partial charge in [-0.2, -0.15) is 0 Å². The molecule has 0 aromatic heterocycles. The SMILES string of the molecule is C#CCCCCCCCCCCCCCCCCCCCCCC(=O)[O-].C#CCCCCCCCCCCCCCCCCCCCCCC(=O)[O-].[Cd+2]. The van der Waals surface area contributed by atoms with Crippen molar-refractivity contribution in [3.8, 4) is 24.7 Å². The van der Waals surface area contributed by atoms with Gasteiger partial charge in [0.25, 0.3) is 0 Å². The minimum absolute atomic E-state index is 0. The Hall–Kier alpha value is -1.02. The molecule has 0 atom stereocenters. The van der Waals surface area contributed by atoms with Gasteiger partial charge in [0.1, 0.15) is 0 Å². The first-order valence-corrected chi connectivity index (χ1v) is 22.8. The number of carboxylic acid groups (broad SMARTS) is 2. The van der Waals surface area contributed by atoms with Crippen LogP contribution < -0.4 is 10.2 Å². The summed E-state index contributed by atoms with van der Waals surface area (Å²) in [5.41, 5.74) is 0. The molecule has 0 radical (unpaired) electrons. The molecule has 0 bridgehead atoms. The zero-order valence-corrected chi connectivity index (χ0v) is 39.2. The molecule has 0 saturated heterocycles. The standard InChI is InChI=1S/2C24H44O2.Cd/c2*1-2-3-4-5-6-7-8-9-10-11-12-13-14-15-16-17-18-19-20-21-22-23-24(25)26;/h2*1H,3-23H2,(H,25,26);/q;;+2/p-2. The second kappa shape index (κ2) is 53.1. The first-order valence-electron chi connectivity index (χ1n) is 22.8. The van der Waals surface area contributed by atoms with Crippen molar-refractivity contribution in [1.29, 1.82) is 0 Å². The summed E-state index contributed by atoms with van der Waals surface area (Å²) in [6, 6.07) is 0. The average Bonchev–Trinajstić information content (AvgIpc) is 3.13. The van der Waals surface area contributed by atoms with Crippen LogP contribution in [0.5, 0.6) is 0 Å². The van der Waals surface area contributed by atoms with Gasteiger partial charge < -0.3 is 19.8 Å². The van der Waals surface area contributed by atoms with Gasteiger partial charge in [-0.05, 0) is 38.5 Å². The molecule has 0 aromatic rings. The summed E-state index contributed by atoms with van der Waals surface area (Å²) in [7, 11) is 0. The van der Waals surface area contributed by atoms with Crippen LogP contribution in [0, 0.1) is 24.7 Å². The van der Waals surface area contributed by atoms with E-state index < -0.39 is 11.9 Å². The van der Waals surface area contributed by atoms with E-state index >= 15 is 0 Å². The molecular weight excluding hydrogens is 753 g/mol. The van der Waals surface area contributed by atoms with Crippen molar-refractivity contribution in [1.82, 2.24) is 0 Å². The van der Waals surface area contributed by atoms with E-state index in [4.69, 9.17) is 12.8 Å². The Morgan fingerprint density at radius 1 is 0.283 bits per heavy atom. The van der Waals surface area contributed by atoms with Crippen LogP contribution in [0.1, 0.15) is 270 Å². The number of carbonyl (C=O) groups is 2. The van der Waals surface area contributed by atoms with Crippen LogP contribution in [0.2, 0.25) is 0 Å². The maximum Gasteiger partial charge on any atom is 2.00 e. The van der Waals surface area contributed by atoms with Crippen molar-refractivity contribution in [2.45, 2.75) is 270 Å². The fourth-order valence-electron chi connectivity index (χ4n) is 7.00. The second-order valence-electron chi connectivity index (χ2n) is 15.6. The first kappa shape index (κ1) is 56.3. The summed E-state index contributed by atoms with van der Waals surface area (Å²) in [5.74, 6) is 3.61. The first-order chi connectivity index (χ1) is 25.5. The molecule has 0 heterocycles. The van der Waals surface area contributed by atoms with E-state index in [2.05, 4.69) is 11.8 Å².